The lowest BCUT2D eigenvalue weighted by molar-refractivity contribution is 0.220. The van der Waals surface area contributed by atoms with E-state index in [0.29, 0.717) is 31.8 Å². The molecule has 0 amide bonds. The molecule has 1 unspecified atom stereocenters. The third-order valence-corrected chi connectivity index (χ3v) is 5.59. The fourth-order valence-corrected chi connectivity index (χ4v) is 4.09. The van der Waals surface area contributed by atoms with Crippen molar-refractivity contribution in [2.24, 2.45) is 0 Å². The molecule has 136 valence electrons. The minimum Gasteiger partial charge on any atom is -0.462 e. The summed E-state index contributed by atoms with van der Waals surface area (Å²) >= 11 is 13.2. The van der Waals surface area contributed by atoms with Crippen LogP contribution in [0, 0.1) is 5.82 Å². The Labute approximate surface area is 168 Å². The highest BCUT2D eigenvalue weighted by Crippen LogP contribution is 2.44. The van der Waals surface area contributed by atoms with Gasteiger partial charge in [0.15, 0.2) is 5.76 Å². The number of thiophene rings is 1. The van der Waals surface area contributed by atoms with Crippen molar-refractivity contribution in [2.45, 2.75) is 6.10 Å². The number of aliphatic hydroxyl groups excluding tert-OH is 1. The summed E-state index contributed by atoms with van der Waals surface area (Å²) in [7, 11) is 0. The van der Waals surface area contributed by atoms with Gasteiger partial charge in [-0.15, -0.1) is 11.3 Å². The van der Waals surface area contributed by atoms with E-state index in [2.05, 4.69) is 4.98 Å². The van der Waals surface area contributed by atoms with Gasteiger partial charge in [-0.3, -0.25) is 4.98 Å². The van der Waals surface area contributed by atoms with Gasteiger partial charge in [-0.25, -0.2) is 4.39 Å². The minimum absolute atomic E-state index is 0.287. The molecule has 0 bridgehead atoms. The SMILES string of the molecule is OC(c1cccnc1)c1c(-c2ccc(Cl)cc2F)coc1-c1ccc(Cl)s1. The lowest BCUT2D eigenvalue weighted by Gasteiger charge is -2.14. The van der Waals surface area contributed by atoms with Crippen molar-refractivity contribution in [1.29, 1.82) is 0 Å². The Hall–Kier alpha value is -2.18. The molecule has 0 saturated carbocycles. The number of halogens is 3. The summed E-state index contributed by atoms with van der Waals surface area (Å²) in [5, 5.41) is 11.3. The van der Waals surface area contributed by atoms with Crippen LogP contribution in [0.4, 0.5) is 4.39 Å². The quantitative estimate of drug-likeness (QED) is 0.405. The molecule has 27 heavy (non-hydrogen) atoms. The Kier molecular flexibility index (Phi) is 5.02. The van der Waals surface area contributed by atoms with E-state index in [0.717, 1.165) is 4.88 Å². The zero-order chi connectivity index (χ0) is 19.0. The highest BCUT2D eigenvalue weighted by Gasteiger charge is 2.26. The Balaban J connectivity index is 1.93. The largest absolute Gasteiger partial charge is 0.462 e. The van der Waals surface area contributed by atoms with Gasteiger partial charge in [-0.05, 0) is 36.4 Å². The monoisotopic (exact) mass is 419 g/mol. The van der Waals surface area contributed by atoms with Gasteiger partial charge >= 0.3 is 0 Å². The van der Waals surface area contributed by atoms with Crippen molar-refractivity contribution in [1.82, 2.24) is 4.98 Å². The normalized spacial score (nSPS) is 12.3. The van der Waals surface area contributed by atoms with Gasteiger partial charge < -0.3 is 9.52 Å². The van der Waals surface area contributed by atoms with Crippen LogP contribution in [-0.2, 0) is 0 Å². The first-order valence-electron chi connectivity index (χ1n) is 7.95. The number of pyridine rings is 1. The molecule has 1 N–H and O–H groups in total. The molecule has 0 spiro atoms. The predicted molar refractivity (Wildman–Crippen MR) is 106 cm³/mol. The van der Waals surface area contributed by atoms with Gasteiger partial charge in [-0.1, -0.05) is 29.3 Å². The molecule has 0 fully saturated rings. The maximum absolute atomic E-state index is 14.6. The van der Waals surface area contributed by atoms with Crippen LogP contribution in [0.3, 0.4) is 0 Å². The Morgan fingerprint density at radius 1 is 1.11 bits per heavy atom. The average molecular weight is 420 g/mol. The summed E-state index contributed by atoms with van der Waals surface area (Å²) in [6, 6.07) is 11.4. The number of nitrogens with zero attached hydrogens (tertiary/aromatic N) is 1. The van der Waals surface area contributed by atoms with Crippen molar-refractivity contribution in [3.05, 3.63) is 87.4 Å². The van der Waals surface area contributed by atoms with Crippen LogP contribution >= 0.6 is 34.5 Å². The topological polar surface area (TPSA) is 46.3 Å². The number of aliphatic hydroxyl groups is 1. The lowest BCUT2D eigenvalue weighted by Crippen LogP contribution is -2.02. The van der Waals surface area contributed by atoms with Gasteiger partial charge in [0, 0.05) is 39.7 Å². The molecule has 1 atom stereocenters. The van der Waals surface area contributed by atoms with Crippen LogP contribution in [-0.4, -0.2) is 10.1 Å². The summed E-state index contributed by atoms with van der Waals surface area (Å²) in [6.45, 7) is 0. The van der Waals surface area contributed by atoms with Crippen molar-refractivity contribution in [3.8, 4) is 21.8 Å². The number of furan rings is 1. The fraction of sp³-hybridized carbons (Fsp3) is 0.0500. The summed E-state index contributed by atoms with van der Waals surface area (Å²) < 4.78 is 20.9. The molecule has 0 aliphatic rings. The minimum atomic E-state index is -1.06. The van der Waals surface area contributed by atoms with Gasteiger partial charge in [0.2, 0.25) is 0 Å². The maximum Gasteiger partial charge on any atom is 0.150 e. The van der Waals surface area contributed by atoms with E-state index in [9.17, 15) is 9.50 Å². The molecule has 3 nitrogen and oxygen atoms in total. The summed E-state index contributed by atoms with van der Waals surface area (Å²) in [5.41, 5.74) is 1.75. The fourth-order valence-electron chi connectivity index (χ4n) is 2.89. The Morgan fingerprint density at radius 3 is 2.63 bits per heavy atom. The van der Waals surface area contributed by atoms with Crippen molar-refractivity contribution in [3.63, 3.8) is 0 Å². The molecule has 0 saturated heterocycles. The van der Waals surface area contributed by atoms with Crippen LogP contribution in [0.15, 0.2) is 65.5 Å². The molecule has 3 aromatic heterocycles. The van der Waals surface area contributed by atoms with Crippen LogP contribution in [0.5, 0.6) is 0 Å². The summed E-state index contributed by atoms with van der Waals surface area (Å²) in [5.74, 6) is -0.0636. The van der Waals surface area contributed by atoms with Gasteiger partial charge in [-0.2, -0.15) is 0 Å². The molecule has 3 heterocycles. The van der Waals surface area contributed by atoms with Crippen LogP contribution in [0.1, 0.15) is 17.2 Å². The van der Waals surface area contributed by atoms with Gasteiger partial charge in [0.25, 0.3) is 0 Å². The second-order valence-electron chi connectivity index (χ2n) is 5.81. The number of aromatic nitrogens is 1. The molecule has 7 heteroatoms. The van der Waals surface area contributed by atoms with E-state index in [4.69, 9.17) is 27.6 Å². The molecule has 1 aromatic carbocycles. The first-order chi connectivity index (χ1) is 13.0. The predicted octanol–water partition coefficient (Wildman–Crippen LogP) is 6.60. The number of hydrogen-bond acceptors (Lipinski definition) is 4. The zero-order valence-electron chi connectivity index (χ0n) is 13.7. The van der Waals surface area contributed by atoms with E-state index in [-0.39, 0.29) is 5.56 Å². The molecule has 0 aliphatic carbocycles. The highest BCUT2D eigenvalue weighted by atomic mass is 35.5. The second-order valence-corrected chi connectivity index (χ2v) is 7.96. The van der Waals surface area contributed by atoms with Crippen molar-refractivity contribution >= 4 is 34.5 Å². The summed E-state index contributed by atoms with van der Waals surface area (Å²) in [6.07, 6.45) is 3.55. The van der Waals surface area contributed by atoms with E-state index >= 15 is 0 Å². The molecule has 0 aliphatic heterocycles. The summed E-state index contributed by atoms with van der Waals surface area (Å²) in [4.78, 5) is 4.79. The zero-order valence-corrected chi connectivity index (χ0v) is 16.0. The van der Waals surface area contributed by atoms with Gasteiger partial charge in [0.1, 0.15) is 11.9 Å². The first kappa shape index (κ1) is 18.2. The second kappa shape index (κ2) is 7.44. The molecule has 0 radical (unpaired) electrons. The lowest BCUT2D eigenvalue weighted by atomic mass is 9.94. The third kappa shape index (κ3) is 3.51. The van der Waals surface area contributed by atoms with Crippen LogP contribution in [0.2, 0.25) is 9.36 Å². The first-order valence-corrected chi connectivity index (χ1v) is 9.52. The Morgan fingerprint density at radius 2 is 1.96 bits per heavy atom. The third-order valence-electron chi connectivity index (χ3n) is 4.12. The standard InChI is InChI=1S/C20H12Cl2FNO2S/c21-12-3-4-13(15(23)8-12)14-10-26-20(16-5-6-17(22)27-16)18(14)19(25)11-2-1-7-24-9-11/h1-10,19,25H. The molecular weight excluding hydrogens is 408 g/mol. The number of hydrogen-bond donors (Lipinski definition) is 1. The van der Waals surface area contributed by atoms with E-state index in [1.54, 1.807) is 48.8 Å². The van der Waals surface area contributed by atoms with Crippen LogP contribution in [0.25, 0.3) is 21.8 Å². The highest BCUT2D eigenvalue weighted by molar-refractivity contribution is 7.19. The van der Waals surface area contributed by atoms with E-state index in [1.165, 1.54) is 23.7 Å². The van der Waals surface area contributed by atoms with Crippen molar-refractivity contribution < 1.29 is 13.9 Å². The average Bonchev–Trinajstić information content (AvgIpc) is 3.28. The van der Waals surface area contributed by atoms with Gasteiger partial charge in [0.05, 0.1) is 15.5 Å². The molecular formula is C20H12Cl2FNO2S. The van der Waals surface area contributed by atoms with Crippen molar-refractivity contribution in [2.75, 3.05) is 0 Å². The van der Waals surface area contributed by atoms with Crippen LogP contribution < -0.4 is 0 Å². The number of rotatable bonds is 4. The smallest absolute Gasteiger partial charge is 0.150 e. The molecule has 4 aromatic rings. The Bertz CT molecular complexity index is 1090. The maximum atomic E-state index is 14.6. The molecule has 4 rings (SSSR count). The van der Waals surface area contributed by atoms with E-state index in [1.807, 2.05) is 0 Å². The number of benzene rings is 1. The van der Waals surface area contributed by atoms with E-state index < -0.39 is 11.9 Å².